The monoisotopic (exact) mass is 498 g/mol. The van der Waals surface area contributed by atoms with E-state index in [1.807, 2.05) is 36.6 Å². The average Bonchev–Trinajstić information content (AvgIpc) is 3.50. The first-order valence-electron chi connectivity index (χ1n) is 11.0. The summed E-state index contributed by atoms with van der Waals surface area (Å²) in [5.74, 6) is -0.466. The van der Waals surface area contributed by atoms with E-state index in [1.54, 1.807) is 18.2 Å². The van der Waals surface area contributed by atoms with E-state index in [0.717, 1.165) is 11.1 Å². The molecule has 0 radical (unpaired) electrons. The maximum atomic E-state index is 13.0. The fraction of sp³-hybridized carbons (Fsp3) is 0.292. The Labute approximate surface area is 203 Å². The fourth-order valence-electron chi connectivity index (χ4n) is 4.00. The molecular weight excluding hydrogens is 472 g/mol. The van der Waals surface area contributed by atoms with E-state index >= 15 is 0 Å². The zero-order valence-electron chi connectivity index (χ0n) is 18.9. The lowest BCUT2D eigenvalue weighted by atomic mass is 10.1. The van der Waals surface area contributed by atoms with Gasteiger partial charge in [-0.1, -0.05) is 42.5 Å². The van der Waals surface area contributed by atoms with Gasteiger partial charge in [0.1, 0.15) is 6.04 Å². The average molecular weight is 499 g/mol. The number of carbonyl (C=O) groups excluding carboxylic acids is 2. The number of thiazole rings is 1. The second-order valence-electron chi connectivity index (χ2n) is 8.16. The number of aromatic nitrogens is 1. The van der Waals surface area contributed by atoms with Gasteiger partial charge in [-0.2, -0.15) is 4.31 Å². The second-order valence-corrected chi connectivity index (χ2v) is 10.9. The molecule has 34 heavy (non-hydrogen) atoms. The molecule has 1 aromatic heterocycles. The van der Waals surface area contributed by atoms with Crippen molar-refractivity contribution in [1.82, 2.24) is 14.6 Å². The van der Waals surface area contributed by atoms with Gasteiger partial charge in [0.25, 0.3) is 0 Å². The van der Waals surface area contributed by atoms with Crippen molar-refractivity contribution < 1.29 is 18.0 Å². The minimum atomic E-state index is -3.75. The van der Waals surface area contributed by atoms with Crippen molar-refractivity contribution >= 4 is 38.3 Å². The Morgan fingerprint density at radius 3 is 2.50 bits per heavy atom. The molecule has 1 aliphatic rings. The van der Waals surface area contributed by atoms with Crippen molar-refractivity contribution in [3.63, 3.8) is 0 Å². The molecular formula is C24H26N4O4S2. The van der Waals surface area contributed by atoms with Crippen LogP contribution in [0.3, 0.4) is 0 Å². The highest BCUT2D eigenvalue weighted by atomic mass is 32.2. The molecule has 1 fully saturated rings. The van der Waals surface area contributed by atoms with Crippen LogP contribution < -0.4 is 10.6 Å². The third kappa shape index (κ3) is 5.19. The van der Waals surface area contributed by atoms with Gasteiger partial charge in [-0.25, -0.2) is 13.4 Å². The molecule has 0 spiro atoms. The van der Waals surface area contributed by atoms with E-state index in [9.17, 15) is 18.0 Å². The fourth-order valence-corrected chi connectivity index (χ4v) is 6.40. The Hall–Kier alpha value is -3.08. The normalized spacial score (nSPS) is 17.3. The van der Waals surface area contributed by atoms with Crippen molar-refractivity contribution in [1.29, 1.82) is 0 Å². The summed E-state index contributed by atoms with van der Waals surface area (Å²) in [6.07, 6.45) is 1.08. The maximum absolute atomic E-state index is 13.0. The van der Waals surface area contributed by atoms with Crippen LogP contribution >= 0.6 is 11.3 Å². The van der Waals surface area contributed by atoms with Crippen LogP contribution in [0.2, 0.25) is 0 Å². The van der Waals surface area contributed by atoms with Crippen molar-refractivity contribution in [3.05, 3.63) is 65.5 Å². The molecule has 10 heteroatoms. The first-order valence-corrected chi connectivity index (χ1v) is 13.3. The topological polar surface area (TPSA) is 108 Å². The standard InChI is InChI=1S/C24H26N4O4S2/c1-16(25-17(2)29)18-10-12-19(13-11-18)21-15-33-24(26-21)27-23(30)22-9-6-14-28(22)34(31,32)20-7-4-3-5-8-20/h3-5,7-8,10-13,15-16,22H,6,9,14H2,1-2H3,(H,25,29)(H,26,27,30). The van der Waals surface area contributed by atoms with Crippen LogP contribution in [0, 0.1) is 0 Å². The molecule has 178 valence electrons. The third-order valence-corrected chi connectivity index (χ3v) is 8.40. The number of nitrogens with zero attached hydrogens (tertiary/aromatic N) is 2. The van der Waals surface area contributed by atoms with Crippen molar-refractivity contribution in [2.75, 3.05) is 11.9 Å². The molecule has 4 rings (SSSR count). The van der Waals surface area contributed by atoms with Crippen LogP contribution in [0.4, 0.5) is 5.13 Å². The summed E-state index contributed by atoms with van der Waals surface area (Å²) in [7, 11) is -3.75. The Bertz CT molecular complexity index is 1270. The molecule has 8 nitrogen and oxygen atoms in total. The van der Waals surface area contributed by atoms with Crippen LogP contribution in [0.1, 0.15) is 38.3 Å². The van der Waals surface area contributed by atoms with Gasteiger partial charge in [0.05, 0.1) is 16.6 Å². The summed E-state index contributed by atoms with van der Waals surface area (Å²) in [5, 5.41) is 7.90. The summed E-state index contributed by atoms with van der Waals surface area (Å²) in [6, 6.07) is 15.0. The highest BCUT2D eigenvalue weighted by molar-refractivity contribution is 7.89. The van der Waals surface area contributed by atoms with E-state index in [0.29, 0.717) is 30.2 Å². The molecule has 3 aromatic rings. The quantitative estimate of drug-likeness (QED) is 0.515. The van der Waals surface area contributed by atoms with Crippen LogP contribution in [0.15, 0.2) is 64.9 Å². The molecule has 0 aliphatic carbocycles. The largest absolute Gasteiger partial charge is 0.350 e. The van der Waals surface area contributed by atoms with E-state index in [-0.39, 0.29) is 22.8 Å². The molecule has 0 saturated carbocycles. The van der Waals surface area contributed by atoms with Gasteiger partial charge in [0, 0.05) is 24.4 Å². The second kappa shape index (κ2) is 10.0. The lowest BCUT2D eigenvalue weighted by molar-refractivity contribution is -0.120. The SMILES string of the molecule is CC(=O)NC(C)c1ccc(-c2csc(NC(=O)C3CCCN3S(=O)(=O)c3ccccc3)n2)cc1. The number of hydrogen-bond donors (Lipinski definition) is 2. The van der Waals surface area contributed by atoms with E-state index in [1.165, 1.54) is 34.7 Å². The Morgan fingerprint density at radius 2 is 1.82 bits per heavy atom. The van der Waals surface area contributed by atoms with Gasteiger partial charge in [0.2, 0.25) is 21.8 Å². The zero-order chi connectivity index (χ0) is 24.3. The van der Waals surface area contributed by atoms with Gasteiger partial charge < -0.3 is 10.6 Å². The number of rotatable bonds is 7. The Kier molecular flexibility index (Phi) is 7.11. The zero-order valence-corrected chi connectivity index (χ0v) is 20.5. The number of anilines is 1. The predicted octanol–water partition coefficient (Wildman–Crippen LogP) is 3.80. The Balaban J connectivity index is 1.45. The van der Waals surface area contributed by atoms with E-state index in [4.69, 9.17) is 0 Å². The smallest absolute Gasteiger partial charge is 0.244 e. The lowest BCUT2D eigenvalue weighted by Crippen LogP contribution is -2.43. The van der Waals surface area contributed by atoms with Crippen molar-refractivity contribution in [2.24, 2.45) is 0 Å². The molecule has 2 unspecified atom stereocenters. The summed E-state index contributed by atoms with van der Waals surface area (Å²) in [6.45, 7) is 3.71. The van der Waals surface area contributed by atoms with Gasteiger partial charge in [-0.15, -0.1) is 11.3 Å². The first kappa shape index (κ1) is 24.1. The number of benzene rings is 2. The predicted molar refractivity (Wildman–Crippen MR) is 132 cm³/mol. The van der Waals surface area contributed by atoms with Gasteiger partial charge >= 0.3 is 0 Å². The summed E-state index contributed by atoms with van der Waals surface area (Å²) >= 11 is 1.29. The van der Waals surface area contributed by atoms with Crippen LogP contribution in [-0.2, 0) is 19.6 Å². The van der Waals surface area contributed by atoms with Crippen molar-refractivity contribution in [3.8, 4) is 11.3 Å². The first-order chi connectivity index (χ1) is 16.3. The van der Waals surface area contributed by atoms with Gasteiger partial charge in [-0.05, 0) is 37.5 Å². The minimum Gasteiger partial charge on any atom is -0.350 e. The van der Waals surface area contributed by atoms with Crippen LogP contribution in [-0.4, -0.2) is 42.1 Å². The highest BCUT2D eigenvalue weighted by Crippen LogP contribution is 2.29. The number of hydrogen-bond acceptors (Lipinski definition) is 6. The lowest BCUT2D eigenvalue weighted by Gasteiger charge is -2.23. The molecule has 2 heterocycles. The van der Waals surface area contributed by atoms with Crippen molar-refractivity contribution in [2.45, 2.75) is 43.7 Å². The van der Waals surface area contributed by atoms with Gasteiger partial charge in [0.15, 0.2) is 5.13 Å². The summed E-state index contributed by atoms with van der Waals surface area (Å²) < 4.78 is 27.3. The minimum absolute atomic E-state index is 0.0890. The molecule has 1 saturated heterocycles. The number of amides is 2. The molecule has 2 atom stereocenters. The van der Waals surface area contributed by atoms with Crippen LogP contribution in [0.25, 0.3) is 11.3 Å². The maximum Gasteiger partial charge on any atom is 0.244 e. The number of carbonyl (C=O) groups is 2. The third-order valence-electron chi connectivity index (χ3n) is 5.72. The molecule has 2 amide bonds. The molecule has 2 N–H and O–H groups in total. The van der Waals surface area contributed by atoms with E-state index < -0.39 is 16.1 Å². The highest BCUT2D eigenvalue weighted by Gasteiger charge is 2.39. The molecule has 2 aromatic carbocycles. The van der Waals surface area contributed by atoms with E-state index in [2.05, 4.69) is 15.6 Å². The summed E-state index contributed by atoms with van der Waals surface area (Å²) in [5.41, 5.74) is 2.56. The van der Waals surface area contributed by atoms with Gasteiger partial charge in [-0.3, -0.25) is 9.59 Å². The summed E-state index contributed by atoms with van der Waals surface area (Å²) in [4.78, 5) is 28.9. The number of nitrogens with one attached hydrogen (secondary N) is 2. The molecule has 0 bridgehead atoms. The number of sulfonamides is 1. The molecule has 1 aliphatic heterocycles. The van der Waals surface area contributed by atoms with Crippen LogP contribution in [0.5, 0.6) is 0 Å². The Morgan fingerprint density at radius 1 is 1.12 bits per heavy atom.